The molecule has 0 unspecified atom stereocenters. The Morgan fingerprint density at radius 1 is 1.14 bits per heavy atom. The highest BCUT2D eigenvalue weighted by Gasteiger charge is 2.17. The molecule has 3 aromatic heterocycles. The van der Waals surface area contributed by atoms with Gasteiger partial charge in [0.1, 0.15) is 22.8 Å². The van der Waals surface area contributed by atoms with E-state index in [-0.39, 0.29) is 8.67 Å². The number of halogens is 1. The van der Waals surface area contributed by atoms with Crippen molar-refractivity contribution in [3.63, 3.8) is 0 Å². The van der Waals surface area contributed by atoms with Crippen LogP contribution in [0.3, 0.4) is 0 Å². The van der Waals surface area contributed by atoms with Gasteiger partial charge >= 0.3 is 0 Å². The normalized spacial score (nSPS) is 13.4. The molecule has 4 heterocycles. The number of hydrogen-bond donors (Lipinski definition) is 2. The molecule has 0 saturated carbocycles. The van der Waals surface area contributed by atoms with Gasteiger partial charge in [0.15, 0.2) is 0 Å². The molecule has 1 amide bonds. The van der Waals surface area contributed by atoms with Gasteiger partial charge < -0.3 is 15.5 Å². The molecule has 2 N–H and O–H groups in total. The lowest BCUT2D eigenvalue weighted by molar-refractivity contribution is -0.109. The second-order valence-electron chi connectivity index (χ2n) is 8.52. The number of piperazine rings is 1. The lowest BCUT2D eigenvalue weighted by Crippen LogP contribution is -2.43. The minimum Gasteiger partial charge on any atom is -0.355 e. The van der Waals surface area contributed by atoms with Crippen molar-refractivity contribution < 1.29 is 12.0 Å². The molecule has 36 heavy (non-hydrogen) atoms. The number of carbonyl (C=O) groups excluding carboxylic acids is 1. The van der Waals surface area contributed by atoms with Crippen LogP contribution in [-0.4, -0.2) is 42.6 Å². The SMILES string of the molecule is Cc1ccc(-c2cc3c(N4CCNCC4)ncnc3s2)cc1F.O=CNCc1ccc2sccc2c1.[HH].[HH]. The van der Waals surface area contributed by atoms with Gasteiger partial charge in [0.2, 0.25) is 6.41 Å². The first-order valence-corrected chi connectivity index (χ1v) is 13.4. The molecule has 1 saturated heterocycles. The predicted octanol–water partition coefficient (Wildman–Crippen LogP) is 5.85. The Morgan fingerprint density at radius 3 is 2.81 bits per heavy atom. The summed E-state index contributed by atoms with van der Waals surface area (Å²) in [7, 11) is 0. The van der Waals surface area contributed by atoms with E-state index in [0.717, 1.165) is 64.6 Å². The Hall–Kier alpha value is -3.40. The number of fused-ring (bicyclic) bond motifs is 2. The van der Waals surface area contributed by atoms with Crippen LogP contribution in [0.1, 0.15) is 14.0 Å². The van der Waals surface area contributed by atoms with Crippen LogP contribution in [0.2, 0.25) is 0 Å². The molecule has 5 aromatic rings. The fraction of sp³-hybridized carbons (Fsp3) is 0.222. The van der Waals surface area contributed by atoms with Crippen LogP contribution in [0.5, 0.6) is 0 Å². The van der Waals surface area contributed by atoms with Crippen molar-refractivity contribution in [2.45, 2.75) is 13.5 Å². The zero-order chi connectivity index (χ0) is 24.9. The van der Waals surface area contributed by atoms with Crippen molar-refractivity contribution in [1.82, 2.24) is 20.6 Å². The third kappa shape index (κ3) is 5.38. The summed E-state index contributed by atoms with van der Waals surface area (Å²) in [6.45, 7) is 6.19. The lowest BCUT2D eigenvalue weighted by Gasteiger charge is -2.28. The molecule has 188 valence electrons. The number of rotatable bonds is 5. The molecule has 0 atom stereocenters. The summed E-state index contributed by atoms with van der Waals surface area (Å²) in [6, 6.07) is 15.8. The fourth-order valence-electron chi connectivity index (χ4n) is 4.15. The Balaban J connectivity index is 0.000000229. The van der Waals surface area contributed by atoms with Crippen molar-refractivity contribution in [3.8, 4) is 10.4 Å². The number of benzene rings is 2. The molecule has 0 bridgehead atoms. The van der Waals surface area contributed by atoms with Gasteiger partial charge in [-0.25, -0.2) is 14.4 Å². The molecule has 6 rings (SSSR count). The fourth-order valence-corrected chi connectivity index (χ4v) is 5.91. The van der Waals surface area contributed by atoms with Crippen molar-refractivity contribution in [1.29, 1.82) is 0 Å². The van der Waals surface area contributed by atoms with Crippen molar-refractivity contribution in [2.75, 3.05) is 31.1 Å². The van der Waals surface area contributed by atoms with Crippen LogP contribution in [0, 0.1) is 12.7 Å². The number of carbonyl (C=O) groups is 1. The average molecular weight is 524 g/mol. The van der Waals surface area contributed by atoms with Gasteiger partial charge in [0, 0.05) is 45.2 Å². The molecular weight excluding hydrogens is 493 g/mol. The third-order valence-electron chi connectivity index (χ3n) is 6.09. The first-order valence-electron chi connectivity index (χ1n) is 11.7. The zero-order valence-electron chi connectivity index (χ0n) is 19.8. The Labute approximate surface area is 219 Å². The van der Waals surface area contributed by atoms with Gasteiger partial charge in [-0.2, -0.15) is 0 Å². The summed E-state index contributed by atoms with van der Waals surface area (Å²) in [5, 5.41) is 10.4. The van der Waals surface area contributed by atoms with E-state index in [4.69, 9.17) is 0 Å². The zero-order valence-corrected chi connectivity index (χ0v) is 21.5. The molecule has 9 heteroatoms. The van der Waals surface area contributed by atoms with Crippen LogP contribution in [0.15, 0.2) is 60.2 Å². The highest BCUT2D eigenvalue weighted by molar-refractivity contribution is 7.22. The number of hydrogen-bond acceptors (Lipinski definition) is 7. The number of nitrogens with zero attached hydrogens (tertiary/aromatic N) is 3. The van der Waals surface area contributed by atoms with E-state index in [9.17, 15) is 9.18 Å². The smallest absolute Gasteiger partial charge is 0.207 e. The number of anilines is 1. The topological polar surface area (TPSA) is 70.1 Å². The van der Waals surface area contributed by atoms with Gasteiger partial charge in [0.25, 0.3) is 0 Å². The summed E-state index contributed by atoms with van der Waals surface area (Å²) in [4.78, 5) is 23.2. The highest BCUT2D eigenvalue weighted by atomic mass is 32.1. The first kappa shape index (κ1) is 24.3. The number of thiophene rings is 2. The van der Waals surface area contributed by atoms with E-state index in [1.54, 1.807) is 42.0 Å². The van der Waals surface area contributed by atoms with Gasteiger partial charge in [-0.1, -0.05) is 18.2 Å². The second-order valence-corrected chi connectivity index (χ2v) is 10.5. The minimum absolute atomic E-state index is 0. The number of aryl methyl sites for hydroxylation is 1. The Morgan fingerprint density at radius 2 is 2.00 bits per heavy atom. The maximum atomic E-state index is 13.9. The van der Waals surface area contributed by atoms with E-state index in [0.29, 0.717) is 12.1 Å². The van der Waals surface area contributed by atoms with Gasteiger partial charge in [0.05, 0.1) is 5.39 Å². The van der Waals surface area contributed by atoms with Crippen LogP contribution in [0.4, 0.5) is 10.2 Å². The summed E-state index contributed by atoms with van der Waals surface area (Å²) < 4.78 is 15.1. The number of amides is 1. The van der Waals surface area contributed by atoms with E-state index < -0.39 is 0 Å². The molecule has 0 radical (unpaired) electrons. The van der Waals surface area contributed by atoms with E-state index in [2.05, 4.69) is 55.1 Å². The molecular formula is C27H30FN5OS2. The van der Waals surface area contributed by atoms with E-state index in [1.807, 2.05) is 18.2 Å². The third-order valence-corrected chi connectivity index (χ3v) is 8.08. The lowest BCUT2D eigenvalue weighted by atomic mass is 10.1. The van der Waals surface area contributed by atoms with Crippen molar-refractivity contribution >= 4 is 55.2 Å². The van der Waals surface area contributed by atoms with E-state index in [1.165, 1.54) is 10.1 Å². The van der Waals surface area contributed by atoms with Crippen LogP contribution < -0.4 is 15.5 Å². The van der Waals surface area contributed by atoms with Gasteiger partial charge in [-0.05, 0) is 64.7 Å². The first-order chi connectivity index (χ1) is 17.6. The Kier molecular flexibility index (Phi) is 7.50. The molecule has 1 aliphatic rings. The predicted molar refractivity (Wildman–Crippen MR) is 152 cm³/mol. The minimum atomic E-state index is -0.173. The maximum absolute atomic E-state index is 13.9. The van der Waals surface area contributed by atoms with Crippen LogP contribution in [-0.2, 0) is 11.3 Å². The van der Waals surface area contributed by atoms with Crippen LogP contribution >= 0.6 is 22.7 Å². The summed E-state index contributed by atoms with van der Waals surface area (Å²) >= 11 is 3.31. The molecule has 1 aliphatic heterocycles. The monoisotopic (exact) mass is 523 g/mol. The standard InChI is InChI=1S/C17H17FN4S.C10H9NOS.2H2/c1-11-2-3-12(8-14(11)18)15-9-13-16(20-10-21-17(13)23-15)22-6-4-19-5-7-22;12-7-11-6-8-1-2-10-9(5-8)3-4-13-10;;/h2-3,8-10,19H,4-7H2,1H3;1-5,7H,6H2,(H,11,12);2*1H. The van der Waals surface area contributed by atoms with Crippen molar-refractivity contribution in [2.24, 2.45) is 0 Å². The maximum Gasteiger partial charge on any atom is 0.207 e. The average Bonchev–Trinajstić information content (AvgIpc) is 3.56. The second kappa shape index (κ2) is 11.1. The highest BCUT2D eigenvalue weighted by Crippen LogP contribution is 2.36. The van der Waals surface area contributed by atoms with Gasteiger partial charge in [-0.15, -0.1) is 22.7 Å². The van der Waals surface area contributed by atoms with Gasteiger partial charge in [-0.3, -0.25) is 4.79 Å². The largest absolute Gasteiger partial charge is 0.355 e. The summed E-state index contributed by atoms with van der Waals surface area (Å²) in [5.74, 6) is 0.806. The molecule has 6 nitrogen and oxygen atoms in total. The molecule has 2 aromatic carbocycles. The van der Waals surface area contributed by atoms with Crippen molar-refractivity contribution in [3.05, 3.63) is 77.2 Å². The van der Waals surface area contributed by atoms with E-state index >= 15 is 0 Å². The number of nitrogens with one attached hydrogen (secondary N) is 2. The summed E-state index contributed by atoms with van der Waals surface area (Å²) in [5.41, 5.74) is 2.69. The quantitative estimate of drug-likeness (QED) is 0.283. The molecule has 0 aliphatic carbocycles. The molecule has 1 fully saturated rings. The Bertz CT molecular complexity index is 1500. The summed E-state index contributed by atoms with van der Waals surface area (Å²) in [6.07, 6.45) is 2.34. The molecule has 0 spiro atoms. The van der Waals surface area contributed by atoms with Crippen LogP contribution in [0.25, 0.3) is 30.7 Å². The number of aromatic nitrogens is 2.